The number of nitrogens with one attached hydrogen (secondary N) is 1. The molecule has 2 aromatic rings. The molecular formula is C14H15N3O. The van der Waals surface area contributed by atoms with Crippen molar-refractivity contribution in [1.82, 2.24) is 9.97 Å². The van der Waals surface area contributed by atoms with Crippen molar-refractivity contribution in [3.8, 4) is 11.6 Å². The Kier molecular flexibility index (Phi) is 2.84. The van der Waals surface area contributed by atoms with Gasteiger partial charge in [0.05, 0.1) is 5.69 Å². The van der Waals surface area contributed by atoms with Crippen molar-refractivity contribution in [3.63, 3.8) is 0 Å². The van der Waals surface area contributed by atoms with E-state index in [-0.39, 0.29) is 0 Å². The Morgan fingerprint density at radius 3 is 3.11 bits per heavy atom. The largest absolute Gasteiger partial charge is 0.437 e. The topological polar surface area (TPSA) is 47.0 Å². The summed E-state index contributed by atoms with van der Waals surface area (Å²) in [6, 6.07) is 7.90. The second kappa shape index (κ2) is 4.64. The third-order valence-electron chi connectivity index (χ3n) is 3.00. The molecule has 92 valence electrons. The van der Waals surface area contributed by atoms with E-state index in [0.29, 0.717) is 11.7 Å². The molecule has 2 heterocycles. The fourth-order valence-corrected chi connectivity index (χ4v) is 2.17. The highest BCUT2D eigenvalue weighted by Crippen LogP contribution is 2.34. The molecule has 1 N–H and O–H groups in total. The molecule has 4 heteroatoms. The number of ether oxygens (including phenoxy) is 1. The fraction of sp³-hybridized carbons (Fsp3) is 0.286. The summed E-state index contributed by atoms with van der Waals surface area (Å²) in [4.78, 5) is 8.32. The summed E-state index contributed by atoms with van der Waals surface area (Å²) in [7, 11) is 0. The maximum atomic E-state index is 5.84. The number of nitrogens with zero attached hydrogens (tertiary/aromatic N) is 2. The van der Waals surface area contributed by atoms with Crippen molar-refractivity contribution < 1.29 is 4.74 Å². The Bertz CT molecular complexity index is 569. The molecule has 0 atom stereocenters. The molecule has 0 aliphatic carbocycles. The van der Waals surface area contributed by atoms with Crippen LogP contribution in [0.25, 0.3) is 0 Å². The van der Waals surface area contributed by atoms with E-state index in [1.165, 1.54) is 12.0 Å². The van der Waals surface area contributed by atoms with Crippen molar-refractivity contribution in [2.45, 2.75) is 19.8 Å². The lowest BCUT2D eigenvalue weighted by Gasteiger charge is -2.20. The van der Waals surface area contributed by atoms with Gasteiger partial charge in [-0.1, -0.05) is 12.1 Å². The van der Waals surface area contributed by atoms with Crippen molar-refractivity contribution >= 4 is 5.69 Å². The molecule has 0 amide bonds. The number of hydrogen-bond acceptors (Lipinski definition) is 4. The molecule has 0 radical (unpaired) electrons. The van der Waals surface area contributed by atoms with Gasteiger partial charge in [-0.3, -0.25) is 0 Å². The number of para-hydroxylation sites is 1. The maximum absolute atomic E-state index is 5.84. The summed E-state index contributed by atoms with van der Waals surface area (Å²) in [5.41, 5.74) is 2.41. The normalized spacial score (nSPS) is 13.6. The Morgan fingerprint density at radius 2 is 2.22 bits per heavy atom. The van der Waals surface area contributed by atoms with E-state index >= 15 is 0 Å². The minimum Gasteiger partial charge on any atom is -0.437 e. The number of benzene rings is 1. The minimum absolute atomic E-state index is 0.586. The first kappa shape index (κ1) is 11.0. The number of rotatable bonds is 2. The van der Waals surface area contributed by atoms with Gasteiger partial charge in [-0.25, -0.2) is 4.98 Å². The van der Waals surface area contributed by atoms with Gasteiger partial charge in [0.15, 0.2) is 5.75 Å². The van der Waals surface area contributed by atoms with Gasteiger partial charge >= 0.3 is 0 Å². The molecule has 4 nitrogen and oxygen atoms in total. The molecule has 1 aromatic carbocycles. The summed E-state index contributed by atoms with van der Waals surface area (Å²) >= 11 is 0. The molecule has 1 aliphatic heterocycles. The molecule has 3 rings (SSSR count). The lowest BCUT2D eigenvalue weighted by atomic mass is 10.0. The average molecular weight is 241 g/mol. The van der Waals surface area contributed by atoms with Crippen LogP contribution in [0.1, 0.15) is 17.8 Å². The Morgan fingerprint density at radius 1 is 1.28 bits per heavy atom. The fourth-order valence-electron chi connectivity index (χ4n) is 2.17. The van der Waals surface area contributed by atoms with Crippen LogP contribution >= 0.6 is 0 Å². The van der Waals surface area contributed by atoms with Crippen LogP contribution in [0, 0.1) is 6.92 Å². The van der Waals surface area contributed by atoms with E-state index in [1.807, 2.05) is 19.1 Å². The molecule has 0 fully saturated rings. The van der Waals surface area contributed by atoms with Crippen molar-refractivity contribution in [2.24, 2.45) is 0 Å². The van der Waals surface area contributed by atoms with Crippen LogP contribution in [0.3, 0.4) is 0 Å². The maximum Gasteiger partial charge on any atom is 0.222 e. The molecule has 0 bridgehead atoms. The highest BCUT2D eigenvalue weighted by atomic mass is 16.5. The summed E-state index contributed by atoms with van der Waals surface area (Å²) in [6.45, 7) is 2.85. The summed E-state index contributed by atoms with van der Waals surface area (Å²) in [5, 5.41) is 3.40. The zero-order chi connectivity index (χ0) is 12.4. The number of aryl methyl sites for hydroxylation is 2. The van der Waals surface area contributed by atoms with E-state index in [9.17, 15) is 0 Å². The van der Waals surface area contributed by atoms with E-state index in [0.717, 1.165) is 24.4 Å². The molecule has 0 saturated carbocycles. The van der Waals surface area contributed by atoms with Gasteiger partial charge in [0, 0.05) is 18.8 Å². The SMILES string of the molecule is Cc1nccc(Oc2cccc3c2NCCC3)n1. The predicted molar refractivity (Wildman–Crippen MR) is 70.1 cm³/mol. The predicted octanol–water partition coefficient (Wildman–Crippen LogP) is 2.94. The second-order valence-electron chi connectivity index (χ2n) is 4.36. The molecular weight excluding hydrogens is 226 g/mol. The van der Waals surface area contributed by atoms with Crippen molar-refractivity contribution in [3.05, 3.63) is 41.9 Å². The smallest absolute Gasteiger partial charge is 0.222 e. The third-order valence-corrected chi connectivity index (χ3v) is 3.00. The first-order valence-corrected chi connectivity index (χ1v) is 6.16. The number of hydrogen-bond donors (Lipinski definition) is 1. The molecule has 0 unspecified atom stereocenters. The standard InChI is InChI=1S/C14H15N3O/c1-10-15-9-7-13(17-10)18-12-6-2-4-11-5-3-8-16-14(11)12/h2,4,6-7,9,16H,3,5,8H2,1H3. The van der Waals surface area contributed by atoms with E-state index in [1.54, 1.807) is 12.3 Å². The van der Waals surface area contributed by atoms with E-state index < -0.39 is 0 Å². The first-order chi connectivity index (χ1) is 8.83. The van der Waals surface area contributed by atoms with Gasteiger partial charge in [0.25, 0.3) is 0 Å². The lowest BCUT2D eigenvalue weighted by molar-refractivity contribution is 0.460. The summed E-state index contributed by atoms with van der Waals surface area (Å²) < 4.78 is 5.84. The second-order valence-corrected chi connectivity index (χ2v) is 4.36. The van der Waals surface area contributed by atoms with Crippen LogP contribution in [0.2, 0.25) is 0 Å². The van der Waals surface area contributed by atoms with Crippen LogP contribution in [0.5, 0.6) is 11.6 Å². The van der Waals surface area contributed by atoms with Crippen LogP contribution in [0.4, 0.5) is 5.69 Å². The number of aromatic nitrogens is 2. The van der Waals surface area contributed by atoms with Crippen molar-refractivity contribution in [1.29, 1.82) is 0 Å². The van der Waals surface area contributed by atoms with Crippen molar-refractivity contribution in [2.75, 3.05) is 11.9 Å². The van der Waals surface area contributed by atoms with E-state index in [4.69, 9.17) is 4.74 Å². The minimum atomic E-state index is 0.586. The summed E-state index contributed by atoms with van der Waals surface area (Å²) in [5.74, 6) is 2.14. The van der Waals surface area contributed by atoms with Gasteiger partial charge in [-0.2, -0.15) is 4.98 Å². The first-order valence-electron chi connectivity index (χ1n) is 6.16. The number of fused-ring (bicyclic) bond motifs is 1. The molecule has 0 spiro atoms. The highest BCUT2D eigenvalue weighted by molar-refractivity contribution is 5.64. The monoisotopic (exact) mass is 241 g/mol. The lowest BCUT2D eigenvalue weighted by Crippen LogP contribution is -2.12. The Labute approximate surface area is 106 Å². The zero-order valence-corrected chi connectivity index (χ0v) is 10.3. The molecule has 1 aliphatic rings. The van der Waals surface area contributed by atoms with Gasteiger partial charge in [-0.15, -0.1) is 0 Å². The van der Waals surface area contributed by atoms with Crippen LogP contribution in [-0.4, -0.2) is 16.5 Å². The van der Waals surface area contributed by atoms with Crippen LogP contribution in [-0.2, 0) is 6.42 Å². The summed E-state index contributed by atoms with van der Waals surface area (Å²) in [6.07, 6.45) is 3.98. The van der Waals surface area contributed by atoms with Gasteiger partial charge in [-0.05, 0) is 31.4 Å². The number of anilines is 1. The molecule has 1 aromatic heterocycles. The Hall–Kier alpha value is -2.10. The average Bonchev–Trinajstić information content (AvgIpc) is 2.39. The zero-order valence-electron chi connectivity index (χ0n) is 10.3. The van der Waals surface area contributed by atoms with E-state index in [2.05, 4.69) is 21.4 Å². The van der Waals surface area contributed by atoms with Crippen LogP contribution in [0.15, 0.2) is 30.5 Å². The van der Waals surface area contributed by atoms with Crippen LogP contribution < -0.4 is 10.1 Å². The third kappa shape index (κ3) is 2.14. The van der Waals surface area contributed by atoms with Gasteiger partial charge < -0.3 is 10.1 Å². The Balaban J connectivity index is 1.93. The van der Waals surface area contributed by atoms with Gasteiger partial charge in [0.1, 0.15) is 5.82 Å². The van der Waals surface area contributed by atoms with Gasteiger partial charge in [0.2, 0.25) is 5.88 Å². The molecule has 18 heavy (non-hydrogen) atoms. The highest BCUT2D eigenvalue weighted by Gasteiger charge is 2.14. The molecule has 0 saturated heterocycles. The quantitative estimate of drug-likeness (QED) is 0.878.